The van der Waals surface area contributed by atoms with Crippen LogP contribution in [0, 0.1) is 11.8 Å². The van der Waals surface area contributed by atoms with E-state index in [0.717, 1.165) is 37.2 Å². The van der Waals surface area contributed by atoms with Crippen molar-refractivity contribution in [3.05, 3.63) is 60.2 Å². The van der Waals surface area contributed by atoms with Gasteiger partial charge in [0, 0.05) is 5.92 Å². The maximum absolute atomic E-state index is 10.9. The average molecular weight is 352 g/mol. The molecule has 0 aliphatic heterocycles. The standard InChI is InChI=1S/C22H24O4/c23-22(24)21-13-17(21)14-25-18-9-6-15(7-10-18)16-8-11-20(12-16)26-19-4-2-1-3-5-19/h1-7,9-10,16-17,20-21H,8,11-14H2,(H,23,24)/t16?,17-,20-,21+/m1/s1. The molecule has 0 bridgehead atoms. The molecule has 4 nitrogen and oxygen atoms in total. The molecular formula is C22H24O4. The summed E-state index contributed by atoms with van der Waals surface area (Å²) in [5.41, 5.74) is 1.33. The smallest absolute Gasteiger partial charge is 0.306 e. The van der Waals surface area contributed by atoms with Crippen LogP contribution in [0.5, 0.6) is 11.5 Å². The lowest BCUT2D eigenvalue weighted by atomic mass is 9.97. The molecule has 2 aliphatic rings. The van der Waals surface area contributed by atoms with Crippen molar-refractivity contribution in [3.8, 4) is 11.5 Å². The van der Waals surface area contributed by atoms with Gasteiger partial charge in [-0.15, -0.1) is 0 Å². The van der Waals surface area contributed by atoms with Gasteiger partial charge in [-0.1, -0.05) is 30.3 Å². The molecule has 136 valence electrons. The zero-order valence-electron chi connectivity index (χ0n) is 14.7. The molecule has 0 radical (unpaired) electrons. The molecule has 0 aromatic heterocycles. The van der Waals surface area contributed by atoms with Crippen molar-refractivity contribution in [1.29, 1.82) is 0 Å². The molecular weight excluding hydrogens is 328 g/mol. The van der Waals surface area contributed by atoms with Crippen LogP contribution in [0.25, 0.3) is 0 Å². The van der Waals surface area contributed by atoms with Crippen molar-refractivity contribution in [2.75, 3.05) is 6.61 Å². The van der Waals surface area contributed by atoms with E-state index in [1.54, 1.807) is 0 Å². The van der Waals surface area contributed by atoms with E-state index in [1.165, 1.54) is 5.56 Å². The molecule has 2 aliphatic carbocycles. The molecule has 2 saturated carbocycles. The number of carboxylic acids is 1. The summed E-state index contributed by atoms with van der Waals surface area (Å²) >= 11 is 0. The van der Waals surface area contributed by atoms with Gasteiger partial charge in [0.05, 0.1) is 18.6 Å². The van der Waals surface area contributed by atoms with Gasteiger partial charge in [-0.3, -0.25) is 4.79 Å². The molecule has 0 amide bonds. The minimum atomic E-state index is -0.706. The van der Waals surface area contributed by atoms with Gasteiger partial charge in [-0.2, -0.15) is 0 Å². The first-order valence-corrected chi connectivity index (χ1v) is 9.36. The molecule has 2 aromatic rings. The van der Waals surface area contributed by atoms with Crippen LogP contribution in [-0.4, -0.2) is 23.8 Å². The second-order valence-electron chi connectivity index (χ2n) is 7.38. The highest BCUT2D eigenvalue weighted by atomic mass is 16.5. The average Bonchev–Trinajstić information content (AvgIpc) is 3.31. The molecule has 2 aromatic carbocycles. The fraction of sp³-hybridized carbons (Fsp3) is 0.409. The Balaban J connectivity index is 1.27. The van der Waals surface area contributed by atoms with Gasteiger partial charge < -0.3 is 14.6 Å². The molecule has 26 heavy (non-hydrogen) atoms. The molecule has 0 saturated heterocycles. The number of carboxylic acid groups (broad SMARTS) is 1. The topological polar surface area (TPSA) is 55.8 Å². The van der Waals surface area contributed by atoms with Crippen LogP contribution in [0.3, 0.4) is 0 Å². The third-order valence-corrected chi connectivity index (χ3v) is 5.49. The normalized spacial score (nSPS) is 27.1. The third kappa shape index (κ3) is 4.01. The van der Waals surface area contributed by atoms with Crippen LogP contribution in [0.2, 0.25) is 0 Å². The number of hydrogen-bond donors (Lipinski definition) is 1. The van der Waals surface area contributed by atoms with E-state index in [4.69, 9.17) is 14.6 Å². The number of ether oxygens (including phenoxy) is 2. The summed E-state index contributed by atoms with van der Waals surface area (Å²) in [6, 6.07) is 18.3. The minimum absolute atomic E-state index is 0.165. The summed E-state index contributed by atoms with van der Waals surface area (Å²) in [5.74, 6) is 1.54. The third-order valence-electron chi connectivity index (χ3n) is 5.49. The number of aliphatic carboxylic acids is 1. The summed E-state index contributed by atoms with van der Waals surface area (Å²) in [4.78, 5) is 10.9. The molecule has 1 unspecified atom stereocenters. The zero-order chi connectivity index (χ0) is 17.9. The Bertz CT molecular complexity index is 740. The summed E-state index contributed by atoms with van der Waals surface area (Å²) in [6.45, 7) is 0.493. The molecule has 1 N–H and O–H groups in total. The lowest BCUT2D eigenvalue weighted by Crippen LogP contribution is -2.11. The monoisotopic (exact) mass is 352 g/mol. The van der Waals surface area contributed by atoms with Crippen LogP contribution in [0.15, 0.2) is 54.6 Å². The van der Waals surface area contributed by atoms with Crippen LogP contribution < -0.4 is 9.47 Å². The predicted octanol–water partition coefficient (Wildman–Crippen LogP) is 4.50. The fourth-order valence-electron chi connectivity index (χ4n) is 3.82. The van der Waals surface area contributed by atoms with Crippen LogP contribution >= 0.6 is 0 Å². The number of hydrogen-bond acceptors (Lipinski definition) is 3. The first-order valence-electron chi connectivity index (χ1n) is 9.36. The van der Waals surface area contributed by atoms with Gasteiger partial charge in [0.1, 0.15) is 11.5 Å². The number of carbonyl (C=O) groups is 1. The highest BCUT2D eigenvalue weighted by Crippen LogP contribution is 2.39. The number of para-hydroxylation sites is 1. The van der Waals surface area contributed by atoms with Gasteiger partial charge in [0.2, 0.25) is 0 Å². The lowest BCUT2D eigenvalue weighted by Gasteiger charge is -2.15. The largest absolute Gasteiger partial charge is 0.493 e. The first kappa shape index (κ1) is 17.0. The second kappa shape index (κ2) is 7.40. The molecule has 4 atom stereocenters. The van der Waals surface area contributed by atoms with Gasteiger partial charge in [0.25, 0.3) is 0 Å². The summed E-state index contributed by atoms with van der Waals surface area (Å²) in [5, 5.41) is 8.93. The van der Waals surface area contributed by atoms with E-state index < -0.39 is 5.97 Å². The van der Waals surface area contributed by atoms with E-state index >= 15 is 0 Å². The second-order valence-corrected chi connectivity index (χ2v) is 7.38. The van der Waals surface area contributed by atoms with Crippen LogP contribution in [0.4, 0.5) is 0 Å². The van der Waals surface area contributed by atoms with E-state index in [1.807, 2.05) is 42.5 Å². The van der Waals surface area contributed by atoms with Gasteiger partial charge >= 0.3 is 5.97 Å². The van der Waals surface area contributed by atoms with Gasteiger partial charge in [-0.25, -0.2) is 0 Å². The highest BCUT2D eigenvalue weighted by molar-refractivity contribution is 5.73. The highest BCUT2D eigenvalue weighted by Gasteiger charge is 2.43. The maximum Gasteiger partial charge on any atom is 0.306 e. The Morgan fingerprint density at radius 3 is 2.42 bits per heavy atom. The van der Waals surface area contributed by atoms with E-state index in [2.05, 4.69) is 12.1 Å². The number of benzene rings is 2. The minimum Gasteiger partial charge on any atom is -0.493 e. The predicted molar refractivity (Wildman–Crippen MR) is 98.6 cm³/mol. The summed E-state index contributed by atoms with van der Waals surface area (Å²) < 4.78 is 11.8. The van der Waals surface area contributed by atoms with Crippen molar-refractivity contribution in [2.45, 2.75) is 37.7 Å². The fourth-order valence-corrected chi connectivity index (χ4v) is 3.82. The van der Waals surface area contributed by atoms with E-state index in [9.17, 15) is 4.79 Å². The molecule has 2 fully saturated rings. The molecule has 4 heteroatoms. The van der Waals surface area contributed by atoms with Gasteiger partial charge in [0.15, 0.2) is 0 Å². The molecule has 0 spiro atoms. The van der Waals surface area contributed by atoms with Crippen molar-refractivity contribution in [3.63, 3.8) is 0 Å². The van der Waals surface area contributed by atoms with E-state index in [0.29, 0.717) is 12.5 Å². The van der Waals surface area contributed by atoms with Crippen molar-refractivity contribution < 1.29 is 19.4 Å². The van der Waals surface area contributed by atoms with Crippen molar-refractivity contribution >= 4 is 5.97 Å². The first-order chi connectivity index (χ1) is 12.7. The molecule has 4 rings (SSSR count). The zero-order valence-corrected chi connectivity index (χ0v) is 14.7. The van der Waals surface area contributed by atoms with Crippen LogP contribution in [-0.2, 0) is 4.79 Å². The Kier molecular flexibility index (Phi) is 4.83. The Labute approximate surface area is 153 Å². The SMILES string of the molecule is O=C(O)[C@H]1C[C@@H]1COc1ccc(C2CC[C@@H](Oc3ccccc3)C2)cc1. The quantitative estimate of drug-likeness (QED) is 0.797. The number of rotatable bonds is 7. The lowest BCUT2D eigenvalue weighted by molar-refractivity contribution is -0.138. The summed E-state index contributed by atoms with van der Waals surface area (Å²) in [7, 11) is 0. The Hall–Kier alpha value is -2.49. The summed E-state index contributed by atoms with van der Waals surface area (Å²) in [6.07, 6.45) is 4.27. The van der Waals surface area contributed by atoms with Crippen LogP contribution in [0.1, 0.15) is 37.2 Å². The Morgan fingerprint density at radius 1 is 0.962 bits per heavy atom. The van der Waals surface area contributed by atoms with E-state index in [-0.39, 0.29) is 17.9 Å². The maximum atomic E-state index is 10.9. The Morgan fingerprint density at radius 2 is 1.73 bits per heavy atom. The van der Waals surface area contributed by atoms with Crippen molar-refractivity contribution in [2.24, 2.45) is 11.8 Å². The van der Waals surface area contributed by atoms with Gasteiger partial charge in [-0.05, 0) is 61.4 Å². The molecule has 0 heterocycles. The van der Waals surface area contributed by atoms with Crippen molar-refractivity contribution in [1.82, 2.24) is 0 Å².